The van der Waals surface area contributed by atoms with E-state index in [0.29, 0.717) is 11.5 Å². The summed E-state index contributed by atoms with van der Waals surface area (Å²) in [5.74, 6) is 0. The van der Waals surface area contributed by atoms with Gasteiger partial charge in [-0.3, -0.25) is 4.90 Å². The molecule has 0 aliphatic rings. The highest BCUT2D eigenvalue weighted by Crippen LogP contribution is 1.90. The summed E-state index contributed by atoms with van der Waals surface area (Å²) in [7, 11) is 1.97. The first-order chi connectivity index (χ1) is 5.16. The molecule has 0 aliphatic carbocycles. The second-order valence-corrected chi connectivity index (χ2v) is 3.16. The lowest BCUT2D eigenvalue weighted by atomic mass is 10.3. The van der Waals surface area contributed by atoms with Crippen LogP contribution in [-0.4, -0.2) is 41.7 Å². The van der Waals surface area contributed by atoms with Gasteiger partial charge in [0.1, 0.15) is 0 Å². The zero-order valence-corrected chi connectivity index (χ0v) is 7.73. The van der Waals surface area contributed by atoms with Gasteiger partial charge >= 0.3 is 0 Å². The number of hydrogen-bond donors (Lipinski definition) is 2. The molecule has 0 saturated carbocycles. The third kappa shape index (κ3) is 7.71. The molecule has 0 bridgehead atoms. The topological polar surface area (TPSA) is 49.5 Å². The average Bonchev–Trinajstić information content (AvgIpc) is 1.86. The van der Waals surface area contributed by atoms with E-state index in [1.807, 2.05) is 7.05 Å². The maximum absolute atomic E-state index is 8.49. The minimum absolute atomic E-state index is 0.265. The first kappa shape index (κ1) is 10.8. The molecule has 11 heavy (non-hydrogen) atoms. The van der Waals surface area contributed by atoms with E-state index in [4.69, 9.17) is 23.1 Å². The van der Waals surface area contributed by atoms with Gasteiger partial charge in [0.25, 0.3) is 0 Å². The lowest BCUT2D eigenvalue weighted by molar-refractivity contribution is 0.270. The van der Waals surface area contributed by atoms with Gasteiger partial charge in [-0.15, -0.1) is 0 Å². The van der Waals surface area contributed by atoms with E-state index >= 15 is 0 Å². The summed E-state index contributed by atoms with van der Waals surface area (Å²) in [5, 5.41) is 8.49. The molecular formula is C7H16N2OS. The van der Waals surface area contributed by atoms with Crippen LogP contribution in [0.25, 0.3) is 0 Å². The minimum Gasteiger partial charge on any atom is -0.396 e. The van der Waals surface area contributed by atoms with E-state index in [2.05, 4.69) is 4.90 Å². The number of aliphatic hydroxyl groups is 1. The highest BCUT2D eigenvalue weighted by molar-refractivity contribution is 7.80. The molecule has 0 aliphatic heterocycles. The molecule has 4 heteroatoms. The van der Waals surface area contributed by atoms with E-state index in [0.717, 1.165) is 19.4 Å². The van der Waals surface area contributed by atoms with Crippen LogP contribution in [-0.2, 0) is 0 Å². The van der Waals surface area contributed by atoms with Crippen LogP contribution in [0.4, 0.5) is 0 Å². The van der Waals surface area contributed by atoms with Crippen molar-refractivity contribution < 1.29 is 5.11 Å². The molecule has 0 saturated heterocycles. The molecule has 3 N–H and O–H groups in total. The molecule has 0 aromatic heterocycles. The number of aliphatic hydroxyl groups excluding tert-OH is 1. The van der Waals surface area contributed by atoms with Crippen molar-refractivity contribution in [2.24, 2.45) is 5.73 Å². The smallest absolute Gasteiger partial charge is 0.0869 e. The second-order valence-electron chi connectivity index (χ2n) is 2.63. The van der Waals surface area contributed by atoms with Crippen molar-refractivity contribution in [2.45, 2.75) is 12.8 Å². The van der Waals surface area contributed by atoms with Crippen LogP contribution in [0, 0.1) is 0 Å². The van der Waals surface area contributed by atoms with Gasteiger partial charge in [-0.2, -0.15) is 0 Å². The Morgan fingerprint density at radius 1 is 1.55 bits per heavy atom. The van der Waals surface area contributed by atoms with Gasteiger partial charge in [0, 0.05) is 13.2 Å². The fourth-order valence-corrected chi connectivity index (χ4v) is 1.06. The number of unbranched alkanes of at least 4 members (excludes halogenated alkanes) is 1. The molecule has 0 rings (SSSR count). The molecule has 0 fully saturated rings. The summed E-state index contributed by atoms with van der Waals surface area (Å²) in [5.41, 5.74) is 5.34. The van der Waals surface area contributed by atoms with E-state index in [9.17, 15) is 0 Å². The highest BCUT2D eigenvalue weighted by atomic mass is 32.1. The molecule has 3 nitrogen and oxygen atoms in total. The second kappa shape index (κ2) is 6.52. The Bertz CT molecular complexity index is 119. The fraction of sp³-hybridized carbons (Fsp3) is 0.857. The van der Waals surface area contributed by atoms with Crippen LogP contribution in [0.5, 0.6) is 0 Å². The van der Waals surface area contributed by atoms with Crippen molar-refractivity contribution >= 4 is 17.2 Å². The van der Waals surface area contributed by atoms with Gasteiger partial charge in [0.15, 0.2) is 0 Å². The van der Waals surface area contributed by atoms with Crippen molar-refractivity contribution in [3.05, 3.63) is 0 Å². The van der Waals surface area contributed by atoms with Crippen LogP contribution in [0.1, 0.15) is 12.8 Å². The number of hydrogen-bond acceptors (Lipinski definition) is 3. The largest absolute Gasteiger partial charge is 0.396 e. The fourth-order valence-electron chi connectivity index (χ4n) is 0.839. The quantitative estimate of drug-likeness (QED) is 0.441. The Hall–Kier alpha value is -0.190. The molecule has 66 valence electrons. The summed E-state index contributed by atoms with van der Waals surface area (Å²) in [4.78, 5) is 2.58. The summed E-state index contributed by atoms with van der Waals surface area (Å²) in [6, 6.07) is 0. The minimum atomic E-state index is 0.265. The van der Waals surface area contributed by atoms with Crippen molar-refractivity contribution in [2.75, 3.05) is 26.7 Å². The first-order valence-electron chi connectivity index (χ1n) is 3.74. The van der Waals surface area contributed by atoms with E-state index in [1.165, 1.54) is 0 Å². The molecule has 0 atom stereocenters. The van der Waals surface area contributed by atoms with Gasteiger partial charge in [-0.25, -0.2) is 0 Å². The van der Waals surface area contributed by atoms with E-state index in [1.54, 1.807) is 0 Å². The molecule has 0 aromatic carbocycles. The van der Waals surface area contributed by atoms with E-state index < -0.39 is 0 Å². The molecule has 0 amide bonds. The SMILES string of the molecule is CN(CCCCO)CC(N)=S. The Balaban J connectivity index is 3.22. The lowest BCUT2D eigenvalue weighted by Crippen LogP contribution is -2.30. The van der Waals surface area contributed by atoms with Crippen molar-refractivity contribution in [3.8, 4) is 0 Å². The summed E-state index contributed by atoms with van der Waals surface area (Å²) in [6.45, 7) is 1.87. The molecule has 0 spiro atoms. The number of nitrogens with zero attached hydrogens (tertiary/aromatic N) is 1. The van der Waals surface area contributed by atoms with Gasteiger partial charge in [-0.05, 0) is 26.4 Å². The normalized spacial score (nSPS) is 10.5. The van der Waals surface area contributed by atoms with E-state index in [-0.39, 0.29) is 6.61 Å². The summed E-state index contributed by atoms with van der Waals surface area (Å²) < 4.78 is 0. The number of likely N-dealkylation sites (N-methyl/N-ethyl adjacent to an activating group) is 1. The van der Waals surface area contributed by atoms with Crippen LogP contribution in [0.2, 0.25) is 0 Å². The van der Waals surface area contributed by atoms with Gasteiger partial charge in [0.2, 0.25) is 0 Å². The number of nitrogens with two attached hydrogens (primary N) is 1. The van der Waals surface area contributed by atoms with Crippen LogP contribution in [0.3, 0.4) is 0 Å². The van der Waals surface area contributed by atoms with Crippen molar-refractivity contribution in [1.29, 1.82) is 0 Å². The zero-order chi connectivity index (χ0) is 8.69. The monoisotopic (exact) mass is 176 g/mol. The van der Waals surface area contributed by atoms with Crippen LogP contribution in [0.15, 0.2) is 0 Å². The van der Waals surface area contributed by atoms with Gasteiger partial charge in [0.05, 0.1) is 4.99 Å². The van der Waals surface area contributed by atoms with Gasteiger partial charge < -0.3 is 10.8 Å². The Morgan fingerprint density at radius 2 is 2.18 bits per heavy atom. The predicted molar refractivity (Wildman–Crippen MR) is 50.6 cm³/mol. The standard InChI is InChI=1S/C7H16N2OS/c1-9(6-7(8)11)4-2-3-5-10/h10H,2-6H2,1H3,(H2,8,11). The van der Waals surface area contributed by atoms with Crippen LogP contribution < -0.4 is 5.73 Å². The maximum Gasteiger partial charge on any atom is 0.0869 e. The summed E-state index contributed by atoms with van der Waals surface area (Å²) >= 11 is 4.74. The number of thiocarbonyl (C=S) groups is 1. The predicted octanol–water partition coefficient (Wildman–Crippen LogP) is -0.0232. The lowest BCUT2D eigenvalue weighted by Gasteiger charge is -2.14. The Morgan fingerprint density at radius 3 is 2.64 bits per heavy atom. The molecule has 0 radical (unpaired) electrons. The van der Waals surface area contributed by atoms with Gasteiger partial charge in [-0.1, -0.05) is 12.2 Å². The number of rotatable bonds is 6. The molecule has 0 heterocycles. The van der Waals surface area contributed by atoms with Crippen molar-refractivity contribution in [3.63, 3.8) is 0 Å². The average molecular weight is 176 g/mol. The maximum atomic E-state index is 8.49. The zero-order valence-electron chi connectivity index (χ0n) is 6.92. The highest BCUT2D eigenvalue weighted by Gasteiger charge is 1.97. The summed E-state index contributed by atoms with van der Waals surface area (Å²) in [6.07, 6.45) is 1.84. The molecule has 0 aromatic rings. The Labute approximate surface area is 73.2 Å². The molecular weight excluding hydrogens is 160 g/mol. The van der Waals surface area contributed by atoms with Crippen LogP contribution >= 0.6 is 12.2 Å². The third-order valence-electron chi connectivity index (χ3n) is 1.37. The van der Waals surface area contributed by atoms with Crippen molar-refractivity contribution in [1.82, 2.24) is 4.90 Å². The third-order valence-corrected chi connectivity index (χ3v) is 1.50. The Kier molecular flexibility index (Phi) is 6.40. The molecule has 0 unspecified atom stereocenters. The first-order valence-corrected chi connectivity index (χ1v) is 4.15.